The molecule has 3 atom stereocenters. The van der Waals surface area contributed by atoms with Crippen molar-refractivity contribution in [1.82, 2.24) is 16.0 Å². The van der Waals surface area contributed by atoms with Crippen LogP contribution in [-0.4, -0.2) is 65.5 Å². The van der Waals surface area contributed by atoms with Gasteiger partial charge in [0, 0.05) is 12.8 Å². The molecule has 3 amide bonds. The van der Waals surface area contributed by atoms with Gasteiger partial charge in [-0.1, -0.05) is 60.7 Å². The van der Waals surface area contributed by atoms with E-state index in [1.807, 2.05) is 42.7 Å². The molecule has 0 aliphatic rings. The molecule has 0 heterocycles. The molecule has 9 nitrogen and oxygen atoms in total. The van der Waals surface area contributed by atoms with Crippen molar-refractivity contribution in [3.8, 4) is 0 Å². The van der Waals surface area contributed by atoms with Crippen LogP contribution in [0, 0.1) is 0 Å². The Labute approximate surface area is 209 Å². The number of carbonyl (C=O) groups is 4. The van der Waals surface area contributed by atoms with Gasteiger partial charge in [0.1, 0.15) is 12.1 Å². The fourth-order valence-electron chi connectivity index (χ4n) is 3.30. The molecule has 6 N–H and O–H groups in total. The van der Waals surface area contributed by atoms with E-state index in [9.17, 15) is 24.3 Å². The Morgan fingerprint density at radius 3 is 1.91 bits per heavy atom. The molecule has 0 spiro atoms. The summed E-state index contributed by atoms with van der Waals surface area (Å²) in [6.07, 6.45) is 2.70. The van der Waals surface area contributed by atoms with Crippen molar-refractivity contribution in [2.24, 2.45) is 5.73 Å². The normalized spacial score (nSPS) is 13.2. The zero-order valence-electron chi connectivity index (χ0n) is 19.6. The fraction of sp³-hybridized carbons (Fsp3) is 0.360. The number of nitrogens with one attached hydrogen (secondary N) is 3. The van der Waals surface area contributed by atoms with Gasteiger partial charge >= 0.3 is 5.97 Å². The molecule has 188 valence electrons. The second-order valence-corrected chi connectivity index (χ2v) is 8.99. The van der Waals surface area contributed by atoms with E-state index in [4.69, 9.17) is 5.73 Å². The van der Waals surface area contributed by atoms with E-state index >= 15 is 0 Å². The predicted octanol–water partition coefficient (Wildman–Crippen LogP) is 0.723. The number of amides is 3. The molecule has 10 heteroatoms. The van der Waals surface area contributed by atoms with Crippen molar-refractivity contribution in [3.05, 3.63) is 71.8 Å². The van der Waals surface area contributed by atoms with Gasteiger partial charge in [0.15, 0.2) is 0 Å². The van der Waals surface area contributed by atoms with Crippen LogP contribution in [0.5, 0.6) is 0 Å². The summed E-state index contributed by atoms with van der Waals surface area (Å²) in [6.45, 7) is -0.433. The third-order valence-electron chi connectivity index (χ3n) is 5.22. The molecule has 0 saturated heterocycles. The Bertz CT molecular complexity index is 974. The van der Waals surface area contributed by atoms with Crippen LogP contribution in [0.25, 0.3) is 0 Å². The Hall–Kier alpha value is -3.37. The van der Waals surface area contributed by atoms with Crippen LogP contribution in [0.3, 0.4) is 0 Å². The molecule has 0 aromatic heterocycles. The van der Waals surface area contributed by atoms with Crippen LogP contribution in [0.2, 0.25) is 0 Å². The van der Waals surface area contributed by atoms with Gasteiger partial charge in [-0.25, -0.2) is 4.79 Å². The maximum Gasteiger partial charge on any atom is 0.326 e. The third-order valence-corrected chi connectivity index (χ3v) is 5.87. The van der Waals surface area contributed by atoms with Gasteiger partial charge in [0.05, 0.1) is 12.6 Å². The number of rotatable bonds is 14. The summed E-state index contributed by atoms with van der Waals surface area (Å²) >= 11 is 1.57. The lowest BCUT2D eigenvalue weighted by molar-refractivity contribution is -0.141. The van der Waals surface area contributed by atoms with Gasteiger partial charge in [-0.15, -0.1) is 0 Å². The fourth-order valence-corrected chi connectivity index (χ4v) is 3.79. The van der Waals surface area contributed by atoms with E-state index in [-0.39, 0.29) is 12.8 Å². The summed E-state index contributed by atoms with van der Waals surface area (Å²) in [5.41, 5.74) is 7.52. The summed E-state index contributed by atoms with van der Waals surface area (Å²) in [4.78, 5) is 49.4. The van der Waals surface area contributed by atoms with Crippen molar-refractivity contribution < 1.29 is 24.3 Å². The number of carbonyl (C=O) groups excluding carboxylic acids is 3. The molecular weight excluding hydrogens is 468 g/mol. The lowest BCUT2D eigenvalue weighted by Crippen LogP contribution is -2.54. The van der Waals surface area contributed by atoms with Crippen LogP contribution >= 0.6 is 11.8 Å². The molecule has 0 radical (unpaired) electrons. The smallest absolute Gasteiger partial charge is 0.326 e. The van der Waals surface area contributed by atoms with Crippen LogP contribution in [0.15, 0.2) is 60.7 Å². The molecule has 35 heavy (non-hydrogen) atoms. The minimum Gasteiger partial charge on any atom is -0.480 e. The summed E-state index contributed by atoms with van der Waals surface area (Å²) in [6, 6.07) is 15.2. The first-order valence-electron chi connectivity index (χ1n) is 11.2. The molecule has 0 saturated carbocycles. The minimum atomic E-state index is -1.18. The highest BCUT2D eigenvalue weighted by molar-refractivity contribution is 7.98. The van der Waals surface area contributed by atoms with Crippen LogP contribution in [-0.2, 0) is 32.0 Å². The molecule has 0 aliphatic heterocycles. The lowest BCUT2D eigenvalue weighted by Gasteiger charge is -2.21. The van der Waals surface area contributed by atoms with Crippen molar-refractivity contribution in [1.29, 1.82) is 0 Å². The van der Waals surface area contributed by atoms with Gasteiger partial charge in [-0.05, 0) is 29.6 Å². The molecule has 0 aliphatic carbocycles. The van der Waals surface area contributed by atoms with Gasteiger partial charge in [-0.2, -0.15) is 11.8 Å². The van der Waals surface area contributed by atoms with Crippen molar-refractivity contribution in [3.63, 3.8) is 0 Å². The van der Waals surface area contributed by atoms with Crippen LogP contribution < -0.4 is 21.7 Å². The standard InChI is InChI=1S/C25H32N4O5S/c1-35-13-12-19(26)23(31)29-20(14-17-8-4-2-5-9-17)24(32)27-16-22(30)28-21(25(33)34)15-18-10-6-3-7-11-18/h2-11,19-21H,12-16,26H2,1H3,(H,27,32)(H,28,30)(H,29,31)(H,33,34). The number of hydrogen-bond acceptors (Lipinski definition) is 6. The number of benzene rings is 2. The van der Waals surface area contributed by atoms with E-state index in [2.05, 4.69) is 16.0 Å². The number of carboxylic acids is 1. The molecule has 2 rings (SSSR count). The highest BCUT2D eigenvalue weighted by Crippen LogP contribution is 2.06. The van der Waals surface area contributed by atoms with Crippen molar-refractivity contribution in [2.75, 3.05) is 18.6 Å². The summed E-state index contributed by atoms with van der Waals surface area (Å²) < 4.78 is 0. The molecule has 0 fully saturated rings. The summed E-state index contributed by atoms with van der Waals surface area (Å²) in [7, 11) is 0. The number of nitrogens with two attached hydrogens (primary N) is 1. The van der Waals surface area contributed by atoms with Crippen LogP contribution in [0.1, 0.15) is 17.5 Å². The second kappa shape index (κ2) is 14.8. The number of carboxylic acid groups (broad SMARTS) is 1. The molecule has 3 unspecified atom stereocenters. The summed E-state index contributed by atoms with van der Waals surface area (Å²) in [5.74, 6) is -2.14. The van der Waals surface area contributed by atoms with Gasteiger partial charge in [0.2, 0.25) is 17.7 Å². The highest BCUT2D eigenvalue weighted by atomic mass is 32.2. The van der Waals surface area contributed by atoms with Gasteiger partial charge in [-0.3, -0.25) is 14.4 Å². The monoisotopic (exact) mass is 500 g/mol. The van der Waals surface area contributed by atoms with E-state index in [0.717, 1.165) is 11.1 Å². The number of thioether (sulfide) groups is 1. The van der Waals surface area contributed by atoms with Gasteiger partial charge in [0.25, 0.3) is 0 Å². The zero-order valence-corrected chi connectivity index (χ0v) is 20.4. The largest absolute Gasteiger partial charge is 0.480 e. The van der Waals surface area contributed by atoms with Crippen LogP contribution in [0.4, 0.5) is 0 Å². The number of hydrogen-bond donors (Lipinski definition) is 5. The highest BCUT2D eigenvalue weighted by Gasteiger charge is 2.25. The Morgan fingerprint density at radius 1 is 0.857 bits per heavy atom. The average molecular weight is 501 g/mol. The van der Waals surface area contributed by atoms with E-state index in [1.54, 1.807) is 36.0 Å². The summed E-state index contributed by atoms with van der Waals surface area (Å²) in [5, 5.41) is 17.1. The maximum atomic E-state index is 12.9. The SMILES string of the molecule is CSCCC(N)C(=O)NC(Cc1ccccc1)C(=O)NCC(=O)NC(Cc1ccccc1)C(=O)O. The lowest BCUT2D eigenvalue weighted by atomic mass is 10.0. The molecule has 2 aromatic carbocycles. The maximum absolute atomic E-state index is 12.9. The van der Waals surface area contributed by atoms with Crippen molar-refractivity contribution >= 4 is 35.5 Å². The van der Waals surface area contributed by atoms with E-state index in [1.165, 1.54) is 0 Å². The quantitative estimate of drug-likeness (QED) is 0.256. The first-order chi connectivity index (χ1) is 16.8. The first-order valence-corrected chi connectivity index (χ1v) is 12.6. The van der Waals surface area contributed by atoms with E-state index in [0.29, 0.717) is 12.2 Å². The Kier molecular flexibility index (Phi) is 11.8. The third kappa shape index (κ3) is 10.2. The second-order valence-electron chi connectivity index (χ2n) is 8.00. The Balaban J connectivity index is 1.98. The topological polar surface area (TPSA) is 151 Å². The first kappa shape index (κ1) is 27.9. The predicted molar refractivity (Wildman–Crippen MR) is 136 cm³/mol. The zero-order chi connectivity index (χ0) is 25.6. The van der Waals surface area contributed by atoms with Gasteiger partial charge < -0.3 is 26.8 Å². The molecular formula is C25H32N4O5S. The van der Waals surface area contributed by atoms with Crippen molar-refractivity contribution in [2.45, 2.75) is 37.4 Å². The minimum absolute atomic E-state index is 0.108. The average Bonchev–Trinajstić information content (AvgIpc) is 2.86. The Morgan fingerprint density at radius 2 is 1.40 bits per heavy atom. The van der Waals surface area contributed by atoms with E-state index < -0.39 is 48.4 Å². The molecule has 0 bridgehead atoms. The number of aliphatic carboxylic acids is 1. The molecule has 2 aromatic rings.